The topological polar surface area (TPSA) is 82.3 Å². The molecule has 0 saturated carbocycles. The number of hydrogen-bond donors (Lipinski definition) is 2. The van der Waals surface area contributed by atoms with Gasteiger partial charge in [-0.15, -0.1) is 0 Å². The fourth-order valence-corrected chi connectivity index (χ4v) is 2.23. The van der Waals surface area contributed by atoms with E-state index in [-0.39, 0.29) is 5.28 Å². The minimum absolute atomic E-state index is 0.125. The second kappa shape index (κ2) is 6.16. The van der Waals surface area contributed by atoms with E-state index in [4.69, 9.17) is 26.6 Å². The van der Waals surface area contributed by atoms with Gasteiger partial charge in [-0.2, -0.15) is 0 Å². The van der Waals surface area contributed by atoms with Gasteiger partial charge >= 0.3 is 7.12 Å². The third-order valence-electron chi connectivity index (χ3n) is 4.10. The molecule has 1 fully saturated rings. The van der Waals surface area contributed by atoms with Crippen LogP contribution < -0.4 is 11.1 Å². The number of nitrogens with zero attached hydrogens (tertiary/aromatic N) is 2. The van der Waals surface area contributed by atoms with Crippen LogP contribution in [0.3, 0.4) is 0 Å². The predicted molar refractivity (Wildman–Crippen MR) is 89.4 cm³/mol. The van der Waals surface area contributed by atoms with Gasteiger partial charge in [0, 0.05) is 18.3 Å². The first kappa shape index (κ1) is 17.2. The average Bonchev–Trinajstić information content (AvgIpc) is 2.61. The van der Waals surface area contributed by atoms with Gasteiger partial charge in [-0.1, -0.05) is 6.08 Å². The standard InChI is InChI=1S/C14H22BClN4O2/c1-13(2)14(3,4)22-15(21-13)10(8-18-5)6-9-7-19-12(16)20-11(9)17/h6-7,18H,8H2,1-5H3,(H2,17,19,20). The van der Waals surface area contributed by atoms with Crippen LogP contribution in [0.2, 0.25) is 5.28 Å². The first-order valence-corrected chi connectivity index (χ1v) is 7.53. The molecule has 120 valence electrons. The number of anilines is 1. The van der Waals surface area contributed by atoms with E-state index in [2.05, 4.69) is 15.3 Å². The van der Waals surface area contributed by atoms with Crippen molar-refractivity contribution in [3.05, 3.63) is 22.5 Å². The van der Waals surface area contributed by atoms with Gasteiger partial charge < -0.3 is 20.4 Å². The molecule has 8 heteroatoms. The highest BCUT2D eigenvalue weighted by molar-refractivity contribution is 6.56. The van der Waals surface area contributed by atoms with Crippen LogP contribution in [0.1, 0.15) is 33.3 Å². The number of aromatic nitrogens is 2. The summed E-state index contributed by atoms with van der Waals surface area (Å²) in [5.41, 5.74) is 6.70. The average molecular weight is 325 g/mol. The molecule has 0 spiro atoms. The minimum atomic E-state index is -0.451. The van der Waals surface area contributed by atoms with Crippen molar-refractivity contribution in [1.82, 2.24) is 15.3 Å². The van der Waals surface area contributed by atoms with E-state index in [0.29, 0.717) is 17.9 Å². The number of nitrogens with one attached hydrogen (secondary N) is 1. The van der Waals surface area contributed by atoms with Crippen LogP contribution in [0.15, 0.2) is 11.7 Å². The molecule has 0 atom stereocenters. The van der Waals surface area contributed by atoms with Crippen LogP contribution in [0.25, 0.3) is 6.08 Å². The largest absolute Gasteiger partial charge is 0.491 e. The van der Waals surface area contributed by atoms with Crippen molar-refractivity contribution in [1.29, 1.82) is 0 Å². The van der Waals surface area contributed by atoms with Crippen LogP contribution in [0.5, 0.6) is 0 Å². The molecule has 0 amide bonds. The molecule has 1 aliphatic heterocycles. The van der Waals surface area contributed by atoms with E-state index in [1.165, 1.54) is 0 Å². The third-order valence-corrected chi connectivity index (χ3v) is 4.28. The fraction of sp³-hybridized carbons (Fsp3) is 0.571. The number of nitrogens with two attached hydrogens (primary N) is 1. The van der Waals surface area contributed by atoms with Crippen molar-refractivity contribution >= 4 is 30.6 Å². The molecule has 2 heterocycles. The normalized spacial score (nSPS) is 20.5. The van der Waals surface area contributed by atoms with Crippen LogP contribution >= 0.6 is 11.6 Å². The Bertz CT molecular complexity index is 576. The first-order chi connectivity index (χ1) is 10.2. The highest BCUT2D eigenvalue weighted by Crippen LogP contribution is 2.38. The van der Waals surface area contributed by atoms with Crippen molar-refractivity contribution in [3.8, 4) is 0 Å². The number of nitrogen functional groups attached to an aromatic ring is 1. The second-order valence-electron chi connectivity index (χ2n) is 6.32. The maximum absolute atomic E-state index is 6.08. The summed E-state index contributed by atoms with van der Waals surface area (Å²) >= 11 is 5.73. The zero-order chi connectivity index (χ0) is 16.5. The fourth-order valence-electron chi connectivity index (χ4n) is 2.09. The van der Waals surface area contributed by atoms with Gasteiger partial charge in [0.1, 0.15) is 5.82 Å². The SMILES string of the molecule is CNCC(=Cc1cnc(Cl)nc1N)B1OC(C)(C)C(C)(C)O1. The van der Waals surface area contributed by atoms with Crippen molar-refractivity contribution in [3.63, 3.8) is 0 Å². The minimum Gasteiger partial charge on any atom is -0.400 e. The van der Waals surface area contributed by atoms with Gasteiger partial charge in [0.2, 0.25) is 5.28 Å². The molecule has 6 nitrogen and oxygen atoms in total. The van der Waals surface area contributed by atoms with Crippen molar-refractivity contribution in [2.75, 3.05) is 19.3 Å². The lowest BCUT2D eigenvalue weighted by atomic mass is 9.77. The lowest BCUT2D eigenvalue weighted by molar-refractivity contribution is 0.00578. The molecule has 0 unspecified atom stereocenters. The van der Waals surface area contributed by atoms with E-state index in [1.54, 1.807) is 6.20 Å². The Morgan fingerprint density at radius 1 is 1.36 bits per heavy atom. The Balaban J connectivity index is 2.33. The van der Waals surface area contributed by atoms with Gasteiger partial charge in [-0.25, -0.2) is 9.97 Å². The summed E-state index contributed by atoms with van der Waals surface area (Å²) in [4.78, 5) is 7.92. The Morgan fingerprint density at radius 3 is 2.45 bits per heavy atom. The number of hydrogen-bond acceptors (Lipinski definition) is 6. The van der Waals surface area contributed by atoms with E-state index < -0.39 is 18.3 Å². The highest BCUT2D eigenvalue weighted by Gasteiger charge is 2.52. The first-order valence-electron chi connectivity index (χ1n) is 7.15. The van der Waals surface area contributed by atoms with E-state index in [0.717, 1.165) is 5.47 Å². The Morgan fingerprint density at radius 2 is 1.95 bits per heavy atom. The zero-order valence-corrected chi connectivity index (χ0v) is 14.4. The van der Waals surface area contributed by atoms with Crippen molar-refractivity contribution in [2.45, 2.75) is 38.9 Å². The molecule has 0 aliphatic carbocycles. The summed E-state index contributed by atoms with van der Waals surface area (Å²) in [7, 11) is 1.41. The molecule has 1 aliphatic rings. The van der Waals surface area contributed by atoms with Gasteiger partial charge in [0.05, 0.1) is 11.2 Å². The van der Waals surface area contributed by atoms with Crippen molar-refractivity contribution in [2.24, 2.45) is 0 Å². The maximum Gasteiger partial charge on any atom is 0.491 e. The van der Waals surface area contributed by atoms with Gasteiger partial charge in [-0.3, -0.25) is 0 Å². The third kappa shape index (κ3) is 3.43. The second-order valence-corrected chi connectivity index (χ2v) is 6.66. The molecule has 3 N–H and O–H groups in total. The Hall–Kier alpha value is -1.15. The number of halogens is 1. The summed E-state index contributed by atoms with van der Waals surface area (Å²) in [6.07, 6.45) is 3.47. The Kier molecular flexibility index (Phi) is 4.82. The monoisotopic (exact) mass is 324 g/mol. The highest BCUT2D eigenvalue weighted by atomic mass is 35.5. The summed E-state index contributed by atoms with van der Waals surface area (Å²) in [5, 5.41) is 3.24. The van der Waals surface area contributed by atoms with E-state index >= 15 is 0 Å². The zero-order valence-electron chi connectivity index (χ0n) is 13.6. The molecule has 1 aromatic rings. The molecule has 22 heavy (non-hydrogen) atoms. The molecular weight excluding hydrogens is 302 g/mol. The van der Waals surface area contributed by atoms with Gasteiger partial charge in [-0.05, 0) is 51.8 Å². The summed E-state index contributed by atoms with van der Waals surface area (Å²) < 4.78 is 12.2. The summed E-state index contributed by atoms with van der Waals surface area (Å²) in [5.74, 6) is 0.324. The molecule has 1 saturated heterocycles. The predicted octanol–water partition coefficient (Wildman–Crippen LogP) is 1.95. The molecule has 0 bridgehead atoms. The molecular formula is C14H22BClN4O2. The van der Waals surface area contributed by atoms with Crippen LogP contribution in [0.4, 0.5) is 5.82 Å². The molecule has 0 radical (unpaired) electrons. The number of likely N-dealkylation sites (N-methyl/N-ethyl adjacent to an activating group) is 1. The van der Waals surface area contributed by atoms with Crippen molar-refractivity contribution < 1.29 is 9.31 Å². The molecule has 0 aromatic carbocycles. The Labute approximate surface area is 136 Å². The number of rotatable bonds is 4. The van der Waals surface area contributed by atoms with Crippen LogP contribution in [0, 0.1) is 0 Å². The molecule has 2 rings (SSSR count). The smallest absolute Gasteiger partial charge is 0.400 e. The van der Waals surface area contributed by atoms with Gasteiger partial charge in [0.25, 0.3) is 0 Å². The lowest BCUT2D eigenvalue weighted by Crippen LogP contribution is -2.41. The quantitative estimate of drug-likeness (QED) is 0.650. The molecule has 1 aromatic heterocycles. The van der Waals surface area contributed by atoms with Gasteiger partial charge in [0.15, 0.2) is 0 Å². The van der Waals surface area contributed by atoms with Crippen LogP contribution in [-0.4, -0.2) is 41.9 Å². The maximum atomic E-state index is 6.08. The summed E-state index contributed by atoms with van der Waals surface area (Å²) in [6, 6.07) is 0. The van der Waals surface area contributed by atoms with E-state index in [9.17, 15) is 0 Å². The van der Waals surface area contributed by atoms with E-state index in [1.807, 2.05) is 40.8 Å². The summed E-state index contributed by atoms with van der Waals surface area (Å²) in [6.45, 7) is 8.67. The van der Waals surface area contributed by atoms with Crippen LogP contribution in [-0.2, 0) is 9.31 Å². The lowest BCUT2D eigenvalue weighted by Gasteiger charge is -2.32.